The molecule has 4 nitrogen and oxygen atoms in total. The van der Waals surface area contributed by atoms with E-state index in [1.54, 1.807) is 0 Å². The fourth-order valence-electron chi connectivity index (χ4n) is 7.58. The number of para-hydroxylation sites is 3. The second kappa shape index (κ2) is 13.2. The second-order valence-corrected chi connectivity index (χ2v) is 13.0. The zero-order valence-electron chi connectivity index (χ0n) is 28.9. The number of rotatable bonds is 8. The topological polar surface area (TPSA) is 35.6 Å². The molecule has 0 bridgehead atoms. The normalized spacial score (nSPS) is 11.6. The molecule has 4 heteroatoms. The van der Waals surface area contributed by atoms with Gasteiger partial charge >= 0.3 is 0 Å². The predicted octanol–water partition coefficient (Wildman–Crippen LogP) is 12.3. The van der Waals surface area contributed by atoms with Crippen LogP contribution < -0.4 is 0 Å². The molecular weight excluding hydrogens is 633 g/mol. The minimum Gasteiger partial charge on any atom is -0.313 e. The van der Waals surface area contributed by atoms with Crippen LogP contribution in [0.5, 0.6) is 0 Å². The Morgan fingerprint density at radius 2 is 1.02 bits per heavy atom. The van der Waals surface area contributed by atoms with Crippen LogP contribution in [0.2, 0.25) is 0 Å². The van der Waals surface area contributed by atoms with Crippen molar-refractivity contribution in [3.63, 3.8) is 0 Å². The van der Waals surface area contributed by atoms with Gasteiger partial charge in [-0.05, 0) is 48.9 Å². The van der Waals surface area contributed by atoms with Crippen LogP contribution in [-0.2, 0) is 6.42 Å². The first-order valence-electron chi connectivity index (χ1n) is 17.8. The molecule has 9 aromatic rings. The van der Waals surface area contributed by atoms with Crippen LogP contribution in [0.25, 0.3) is 84.1 Å². The molecule has 0 aliphatic heterocycles. The van der Waals surface area contributed by atoms with Crippen LogP contribution in [-0.4, -0.2) is 19.1 Å². The molecule has 0 unspecified atom stereocenters. The second-order valence-electron chi connectivity index (χ2n) is 13.0. The molecule has 6 aromatic carbocycles. The highest BCUT2D eigenvalue weighted by Gasteiger charge is 2.20. The molecule has 0 fully saturated rings. The van der Waals surface area contributed by atoms with Crippen LogP contribution in [0, 0.1) is 0 Å². The maximum Gasteiger partial charge on any atom is 0.160 e. The Balaban J connectivity index is 1.38. The van der Waals surface area contributed by atoms with E-state index in [0.29, 0.717) is 5.82 Å². The van der Waals surface area contributed by atoms with Crippen molar-refractivity contribution in [3.05, 3.63) is 188 Å². The summed E-state index contributed by atoms with van der Waals surface area (Å²) >= 11 is 0. The quantitative estimate of drug-likeness (QED) is 0.151. The van der Waals surface area contributed by atoms with Crippen molar-refractivity contribution >= 4 is 38.8 Å². The third-order valence-electron chi connectivity index (χ3n) is 9.87. The SMILES string of the molecule is C=C/C=C\c1c(CC)n(-c2cc(-c3cc(-c4ccccc4)nc(-c4ccccc4)n3)cc(-n3c4ccccc4c4ccccc43)c2)c2ccccc12. The van der Waals surface area contributed by atoms with Gasteiger partial charge in [0.2, 0.25) is 0 Å². The molecule has 0 atom stereocenters. The highest BCUT2D eigenvalue weighted by molar-refractivity contribution is 6.09. The summed E-state index contributed by atoms with van der Waals surface area (Å²) in [6.45, 7) is 6.19. The van der Waals surface area contributed by atoms with Gasteiger partial charge in [-0.1, -0.05) is 147 Å². The van der Waals surface area contributed by atoms with Gasteiger partial charge in [0.1, 0.15) is 0 Å². The molecule has 52 heavy (non-hydrogen) atoms. The lowest BCUT2D eigenvalue weighted by Crippen LogP contribution is -2.04. The van der Waals surface area contributed by atoms with Crippen molar-refractivity contribution in [1.29, 1.82) is 0 Å². The molecule has 0 saturated carbocycles. The molecule has 248 valence electrons. The number of aromatic nitrogens is 4. The Kier molecular flexibility index (Phi) is 7.90. The summed E-state index contributed by atoms with van der Waals surface area (Å²) in [5, 5.41) is 3.66. The molecule has 0 aliphatic carbocycles. The molecule has 3 aromatic heterocycles. The highest BCUT2D eigenvalue weighted by Crippen LogP contribution is 2.38. The van der Waals surface area contributed by atoms with Crippen molar-refractivity contribution in [2.75, 3.05) is 0 Å². The maximum atomic E-state index is 5.28. The summed E-state index contributed by atoms with van der Waals surface area (Å²) in [5.74, 6) is 0.693. The molecule has 0 radical (unpaired) electrons. The van der Waals surface area contributed by atoms with Crippen molar-refractivity contribution in [1.82, 2.24) is 19.1 Å². The molecule has 3 heterocycles. The summed E-state index contributed by atoms with van der Waals surface area (Å²) in [6, 6.07) is 55.7. The molecule has 0 amide bonds. The van der Waals surface area contributed by atoms with E-state index in [-0.39, 0.29) is 0 Å². The first-order valence-corrected chi connectivity index (χ1v) is 17.8. The van der Waals surface area contributed by atoms with E-state index in [9.17, 15) is 0 Å². The number of allylic oxidation sites excluding steroid dienone is 2. The fraction of sp³-hybridized carbons (Fsp3) is 0.0417. The van der Waals surface area contributed by atoms with Gasteiger partial charge in [-0.25, -0.2) is 9.97 Å². The summed E-state index contributed by atoms with van der Waals surface area (Å²) in [7, 11) is 0. The Labute approximate surface area is 303 Å². The Bertz CT molecular complexity index is 2670. The smallest absolute Gasteiger partial charge is 0.160 e. The van der Waals surface area contributed by atoms with Crippen molar-refractivity contribution in [2.24, 2.45) is 0 Å². The van der Waals surface area contributed by atoms with E-state index >= 15 is 0 Å². The summed E-state index contributed by atoms with van der Waals surface area (Å²) in [5.41, 5.74) is 12.8. The van der Waals surface area contributed by atoms with Crippen LogP contribution in [0.1, 0.15) is 18.2 Å². The van der Waals surface area contributed by atoms with E-state index in [0.717, 1.165) is 62.4 Å². The molecule has 9 rings (SSSR count). The van der Waals surface area contributed by atoms with Gasteiger partial charge in [0.05, 0.1) is 27.9 Å². The van der Waals surface area contributed by atoms with Crippen molar-refractivity contribution in [3.8, 4) is 45.3 Å². The van der Waals surface area contributed by atoms with E-state index in [1.807, 2.05) is 36.4 Å². The van der Waals surface area contributed by atoms with Crippen LogP contribution in [0.15, 0.2) is 176 Å². The summed E-state index contributed by atoms with van der Waals surface area (Å²) in [6.07, 6.45) is 6.91. The maximum absolute atomic E-state index is 5.28. The zero-order valence-corrected chi connectivity index (χ0v) is 28.9. The van der Waals surface area contributed by atoms with Gasteiger partial charge in [0.25, 0.3) is 0 Å². The highest BCUT2D eigenvalue weighted by atomic mass is 15.0. The third-order valence-corrected chi connectivity index (χ3v) is 9.87. The molecule has 0 N–H and O–H groups in total. The molecule has 0 aliphatic rings. The Morgan fingerprint density at radius 3 is 1.62 bits per heavy atom. The lowest BCUT2D eigenvalue weighted by atomic mass is 10.0. The van der Waals surface area contributed by atoms with Gasteiger partial charge in [-0.2, -0.15) is 0 Å². The Hall–Kier alpha value is -6.78. The monoisotopic (exact) mass is 668 g/mol. The predicted molar refractivity (Wildman–Crippen MR) is 218 cm³/mol. The Morgan fingerprint density at radius 1 is 0.519 bits per heavy atom. The average Bonchev–Trinajstić information content (AvgIpc) is 3.73. The van der Waals surface area contributed by atoms with Crippen LogP contribution in [0.3, 0.4) is 0 Å². The fourth-order valence-corrected chi connectivity index (χ4v) is 7.58. The number of nitrogens with zero attached hydrogens (tertiary/aromatic N) is 4. The van der Waals surface area contributed by atoms with E-state index in [2.05, 4.69) is 162 Å². The van der Waals surface area contributed by atoms with Gasteiger partial charge in [0.15, 0.2) is 5.82 Å². The van der Waals surface area contributed by atoms with Crippen molar-refractivity contribution in [2.45, 2.75) is 13.3 Å². The third kappa shape index (κ3) is 5.33. The zero-order chi connectivity index (χ0) is 35.0. The molecular formula is C48H36N4. The lowest BCUT2D eigenvalue weighted by Gasteiger charge is -2.17. The molecule has 0 spiro atoms. The van der Waals surface area contributed by atoms with Crippen molar-refractivity contribution < 1.29 is 0 Å². The lowest BCUT2D eigenvalue weighted by molar-refractivity contribution is 0.954. The van der Waals surface area contributed by atoms with Crippen LogP contribution >= 0.6 is 0 Å². The standard InChI is InChI=1S/C48H36N4/c1-3-5-22-38-39-23-12-15-26-45(39)51(44(38)4-2)36-29-35(30-37(31-36)52-46-27-16-13-24-40(46)41-25-14-17-28-47(41)52)43-32-42(33-18-8-6-9-19-33)49-48(50-43)34-20-10-7-11-21-34/h3,5-32H,1,4H2,2H3/b22-5-. The number of hydrogen-bond donors (Lipinski definition) is 0. The minimum absolute atomic E-state index is 0.693. The van der Waals surface area contributed by atoms with Crippen LogP contribution in [0.4, 0.5) is 0 Å². The van der Waals surface area contributed by atoms with Gasteiger partial charge in [-0.15, -0.1) is 0 Å². The first-order chi connectivity index (χ1) is 25.7. The summed E-state index contributed by atoms with van der Waals surface area (Å²) in [4.78, 5) is 10.4. The van der Waals surface area contributed by atoms with Gasteiger partial charge < -0.3 is 9.13 Å². The number of benzene rings is 6. The van der Waals surface area contributed by atoms with Gasteiger partial charge in [0, 0.05) is 55.5 Å². The minimum atomic E-state index is 0.693. The van der Waals surface area contributed by atoms with E-state index in [4.69, 9.17) is 9.97 Å². The largest absolute Gasteiger partial charge is 0.313 e. The number of hydrogen-bond acceptors (Lipinski definition) is 2. The first kappa shape index (κ1) is 31.2. The molecule has 0 saturated heterocycles. The van der Waals surface area contributed by atoms with Gasteiger partial charge in [-0.3, -0.25) is 0 Å². The summed E-state index contributed by atoms with van der Waals surface area (Å²) < 4.78 is 4.82. The number of fused-ring (bicyclic) bond motifs is 4. The van der Waals surface area contributed by atoms with E-state index in [1.165, 1.54) is 27.4 Å². The van der Waals surface area contributed by atoms with E-state index < -0.39 is 0 Å². The average molecular weight is 669 g/mol.